The Bertz CT molecular complexity index is 615. The van der Waals surface area contributed by atoms with Crippen molar-refractivity contribution in [2.75, 3.05) is 0 Å². The van der Waals surface area contributed by atoms with E-state index in [2.05, 4.69) is 0 Å². The minimum atomic E-state index is -0.237. The maximum atomic E-state index is 12.0. The Balaban J connectivity index is 2.47. The van der Waals surface area contributed by atoms with Crippen molar-refractivity contribution in [2.45, 2.75) is 0 Å². The monoisotopic (exact) mass is 212 g/mol. The summed E-state index contributed by atoms with van der Waals surface area (Å²) < 4.78 is 0. The largest absolute Gasteiger partial charge is 0.507 e. The number of ketones is 1. The predicted octanol–water partition coefficient (Wildman–Crippen LogP) is 2.31. The fraction of sp³-hybridized carbons (Fsp3) is 0. The van der Waals surface area contributed by atoms with Crippen LogP contribution >= 0.6 is 0 Å². The van der Waals surface area contributed by atoms with Crippen LogP contribution in [0.4, 0.5) is 0 Å². The molecular formula is C13H8O3. The third kappa shape index (κ3) is 0.945. The lowest BCUT2D eigenvalue weighted by Crippen LogP contribution is -1.95. The zero-order valence-corrected chi connectivity index (χ0v) is 8.27. The van der Waals surface area contributed by atoms with E-state index in [9.17, 15) is 15.0 Å². The molecule has 0 bridgehead atoms. The topological polar surface area (TPSA) is 57.5 Å². The van der Waals surface area contributed by atoms with E-state index >= 15 is 0 Å². The molecular weight excluding hydrogens is 204 g/mol. The van der Waals surface area contributed by atoms with E-state index in [-0.39, 0.29) is 22.8 Å². The molecule has 0 saturated heterocycles. The van der Waals surface area contributed by atoms with E-state index in [4.69, 9.17) is 0 Å². The smallest absolute Gasteiger partial charge is 0.198 e. The zero-order chi connectivity index (χ0) is 11.3. The SMILES string of the molecule is O=C1c2ccccc2-c2c(O)ccc(O)c21. The van der Waals surface area contributed by atoms with Gasteiger partial charge in [0.2, 0.25) is 0 Å². The van der Waals surface area contributed by atoms with E-state index in [1.807, 2.05) is 0 Å². The predicted molar refractivity (Wildman–Crippen MR) is 58.6 cm³/mol. The molecule has 0 radical (unpaired) electrons. The second-order valence-electron chi connectivity index (χ2n) is 3.73. The van der Waals surface area contributed by atoms with Crippen LogP contribution in [0.1, 0.15) is 15.9 Å². The van der Waals surface area contributed by atoms with Gasteiger partial charge in [0.25, 0.3) is 0 Å². The molecule has 16 heavy (non-hydrogen) atoms. The summed E-state index contributed by atoms with van der Waals surface area (Å²) in [6.07, 6.45) is 0. The molecule has 0 atom stereocenters. The van der Waals surface area contributed by atoms with Crippen LogP contribution in [0.5, 0.6) is 11.5 Å². The van der Waals surface area contributed by atoms with Crippen molar-refractivity contribution < 1.29 is 15.0 Å². The molecule has 0 heterocycles. The molecule has 0 unspecified atom stereocenters. The van der Waals surface area contributed by atoms with E-state index in [1.54, 1.807) is 24.3 Å². The first-order valence-corrected chi connectivity index (χ1v) is 4.89. The molecule has 3 heteroatoms. The fourth-order valence-corrected chi connectivity index (χ4v) is 2.12. The fourth-order valence-electron chi connectivity index (χ4n) is 2.12. The number of rotatable bonds is 0. The summed E-state index contributed by atoms with van der Waals surface area (Å²) in [7, 11) is 0. The van der Waals surface area contributed by atoms with Crippen LogP contribution in [0.3, 0.4) is 0 Å². The van der Waals surface area contributed by atoms with Crippen LogP contribution in [0.15, 0.2) is 36.4 Å². The molecule has 0 aromatic heterocycles. The Labute approximate surface area is 91.6 Å². The van der Waals surface area contributed by atoms with E-state index < -0.39 is 0 Å². The van der Waals surface area contributed by atoms with Gasteiger partial charge in [-0.05, 0) is 17.7 Å². The highest BCUT2D eigenvalue weighted by atomic mass is 16.3. The number of carbonyl (C=O) groups excluding carboxylic acids is 1. The molecule has 2 aromatic carbocycles. The first kappa shape index (κ1) is 8.97. The summed E-state index contributed by atoms with van der Waals surface area (Å²) in [4.78, 5) is 12.0. The lowest BCUT2D eigenvalue weighted by molar-refractivity contribution is 0.104. The van der Waals surface area contributed by atoms with Gasteiger partial charge in [0.05, 0.1) is 5.56 Å². The van der Waals surface area contributed by atoms with E-state index in [0.29, 0.717) is 16.7 Å². The number of hydrogen-bond donors (Lipinski definition) is 2. The summed E-state index contributed by atoms with van der Waals surface area (Å²) in [6.45, 7) is 0. The standard InChI is InChI=1S/C13H8O3/c14-9-5-6-10(15)12-11(9)7-3-1-2-4-8(7)13(12)16/h1-6,14-15H. The first-order chi connectivity index (χ1) is 7.70. The number of fused-ring (bicyclic) bond motifs is 3. The van der Waals surface area contributed by atoms with Crippen molar-refractivity contribution in [1.82, 2.24) is 0 Å². The van der Waals surface area contributed by atoms with Gasteiger partial charge in [-0.2, -0.15) is 0 Å². The van der Waals surface area contributed by atoms with Gasteiger partial charge >= 0.3 is 0 Å². The second-order valence-corrected chi connectivity index (χ2v) is 3.73. The highest BCUT2D eigenvalue weighted by Gasteiger charge is 2.31. The van der Waals surface area contributed by atoms with Crippen LogP contribution in [0, 0.1) is 0 Å². The molecule has 0 aliphatic heterocycles. The van der Waals surface area contributed by atoms with Crippen molar-refractivity contribution in [1.29, 1.82) is 0 Å². The lowest BCUT2D eigenvalue weighted by atomic mass is 10.0. The second kappa shape index (κ2) is 2.85. The minimum absolute atomic E-state index is 0.0195. The van der Waals surface area contributed by atoms with Gasteiger partial charge in [-0.3, -0.25) is 4.79 Å². The Morgan fingerprint density at radius 3 is 2.00 bits per heavy atom. The van der Waals surface area contributed by atoms with Crippen molar-refractivity contribution in [3.63, 3.8) is 0 Å². The van der Waals surface area contributed by atoms with Gasteiger partial charge in [0.15, 0.2) is 5.78 Å². The highest BCUT2D eigenvalue weighted by Crippen LogP contribution is 2.45. The number of phenolic OH excluding ortho intramolecular Hbond substituents is 2. The quantitative estimate of drug-likeness (QED) is 0.562. The Morgan fingerprint density at radius 1 is 0.750 bits per heavy atom. The normalized spacial score (nSPS) is 12.4. The zero-order valence-electron chi connectivity index (χ0n) is 8.27. The Hall–Kier alpha value is -2.29. The van der Waals surface area contributed by atoms with Crippen LogP contribution in [-0.2, 0) is 0 Å². The number of hydrogen-bond acceptors (Lipinski definition) is 3. The molecule has 1 aliphatic rings. The molecule has 2 aromatic rings. The molecule has 78 valence electrons. The summed E-state index contributed by atoms with van der Waals surface area (Å²) in [5.74, 6) is -0.306. The van der Waals surface area contributed by atoms with Crippen LogP contribution in [-0.4, -0.2) is 16.0 Å². The maximum absolute atomic E-state index is 12.0. The van der Waals surface area contributed by atoms with Gasteiger partial charge in [0.1, 0.15) is 11.5 Å². The minimum Gasteiger partial charge on any atom is -0.507 e. The number of benzene rings is 2. The average Bonchev–Trinajstić information content (AvgIpc) is 2.60. The van der Waals surface area contributed by atoms with Crippen molar-refractivity contribution in [2.24, 2.45) is 0 Å². The Kier molecular flexibility index (Phi) is 1.60. The number of phenols is 2. The van der Waals surface area contributed by atoms with E-state index in [1.165, 1.54) is 12.1 Å². The van der Waals surface area contributed by atoms with E-state index in [0.717, 1.165) is 0 Å². The summed E-state index contributed by atoms with van der Waals surface area (Å²) >= 11 is 0. The maximum Gasteiger partial charge on any atom is 0.198 e. The molecule has 0 amide bonds. The van der Waals surface area contributed by atoms with Crippen LogP contribution < -0.4 is 0 Å². The van der Waals surface area contributed by atoms with Gasteiger partial charge in [-0.25, -0.2) is 0 Å². The molecule has 3 nitrogen and oxygen atoms in total. The molecule has 0 fully saturated rings. The van der Waals surface area contributed by atoms with Crippen molar-refractivity contribution in [3.8, 4) is 22.6 Å². The summed E-state index contributed by atoms with van der Waals surface area (Å²) in [5, 5.41) is 19.4. The number of carbonyl (C=O) groups is 1. The lowest BCUT2D eigenvalue weighted by Gasteiger charge is -2.03. The molecule has 0 saturated carbocycles. The summed E-state index contributed by atoms with van der Waals surface area (Å²) in [5.41, 5.74) is 1.83. The Morgan fingerprint density at radius 2 is 1.31 bits per heavy atom. The third-order valence-corrected chi connectivity index (χ3v) is 2.83. The first-order valence-electron chi connectivity index (χ1n) is 4.89. The van der Waals surface area contributed by atoms with Gasteiger partial charge in [-0.1, -0.05) is 24.3 Å². The van der Waals surface area contributed by atoms with Gasteiger partial charge < -0.3 is 10.2 Å². The molecule has 1 aliphatic carbocycles. The number of aromatic hydroxyl groups is 2. The third-order valence-electron chi connectivity index (χ3n) is 2.83. The van der Waals surface area contributed by atoms with Crippen LogP contribution in [0.25, 0.3) is 11.1 Å². The molecule has 0 spiro atoms. The highest BCUT2D eigenvalue weighted by molar-refractivity contribution is 6.24. The van der Waals surface area contributed by atoms with Crippen molar-refractivity contribution in [3.05, 3.63) is 47.5 Å². The van der Waals surface area contributed by atoms with Gasteiger partial charge in [0, 0.05) is 11.1 Å². The summed E-state index contributed by atoms with van der Waals surface area (Å²) in [6, 6.07) is 9.73. The van der Waals surface area contributed by atoms with Crippen molar-refractivity contribution >= 4 is 5.78 Å². The molecule has 2 N–H and O–H groups in total. The molecule has 3 rings (SSSR count). The van der Waals surface area contributed by atoms with Crippen LogP contribution in [0.2, 0.25) is 0 Å². The average molecular weight is 212 g/mol. The van der Waals surface area contributed by atoms with Gasteiger partial charge in [-0.15, -0.1) is 0 Å².